The Labute approximate surface area is 159 Å². The Kier molecular flexibility index (Phi) is 3.34. The molecule has 140 valence electrons. The number of hydrogen-bond donors (Lipinski definition) is 0. The van der Waals surface area contributed by atoms with Crippen LogP contribution in [0.15, 0.2) is 30.5 Å². The largest absolute Gasteiger partial charge is 0.453 e. The van der Waals surface area contributed by atoms with Crippen molar-refractivity contribution in [2.45, 2.75) is 24.5 Å². The molecule has 0 unspecified atom stereocenters. The molecular formula is C19H15N5O4. The maximum atomic E-state index is 13.2. The van der Waals surface area contributed by atoms with Crippen LogP contribution < -0.4 is 4.90 Å². The van der Waals surface area contributed by atoms with Gasteiger partial charge in [-0.05, 0) is 6.42 Å². The normalized spacial score (nSPS) is 25.4. The van der Waals surface area contributed by atoms with Crippen LogP contribution in [0.3, 0.4) is 0 Å². The second-order valence-electron chi connectivity index (χ2n) is 7.04. The number of hydrogen-bond acceptors (Lipinski definition) is 6. The van der Waals surface area contributed by atoms with Gasteiger partial charge in [0.15, 0.2) is 0 Å². The van der Waals surface area contributed by atoms with E-state index in [0.29, 0.717) is 29.4 Å². The van der Waals surface area contributed by atoms with Gasteiger partial charge in [0, 0.05) is 17.3 Å². The number of carbonyl (C=O) groups is 3. The fraction of sp³-hybridized carbons (Fsp3) is 0.316. The number of rotatable bonds is 1. The monoisotopic (exact) mass is 377 g/mol. The Morgan fingerprint density at radius 2 is 2.04 bits per heavy atom. The van der Waals surface area contributed by atoms with Gasteiger partial charge >= 0.3 is 12.1 Å². The number of imide groups is 1. The van der Waals surface area contributed by atoms with E-state index in [1.807, 2.05) is 6.07 Å². The lowest BCUT2D eigenvalue weighted by Gasteiger charge is -2.33. The fourth-order valence-electron chi connectivity index (χ4n) is 4.65. The smallest absolute Gasteiger partial charge is 0.409 e. The lowest BCUT2D eigenvalue weighted by molar-refractivity contribution is -0.121. The number of pyridine rings is 1. The molecule has 3 aliphatic heterocycles. The van der Waals surface area contributed by atoms with Gasteiger partial charge in [-0.15, -0.1) is 0 Å². The average molecular weight is 377 g/mol. The summed E-state index contributed by atoms with van der Waals surface area (Å²) >= 11 is 0. The number of benzene rings is 1. The third-order valence-electron chi connectivity index (χ3n) is 5.79. The highest BCUT2D eigenvalue weighted by molar-refractivity contribution is 6.25. The van der Waals surface area contributed by atoms with Crippen molar-refractivity contribution in [3.8, 4) is 6.07 Å². The summed E-state index contributed by atoms with van der Waals surface area (Å²) in [6.07, 6.45) is 1.47. The first-order valence-corrected chi connectivity index (χ1v) is 8.85. The zero-order chi connectivity index (χ0) is 19.6. The first kappa shape index (κ1) is 16.5. The quantitative estimate of drug-likeness (QED) is 0.697. The summed E-state index contributed by atoms with van der Waals surface area (Å²) in [5, 5.41) is 10.5. The van der Waals surface area contributed by atoms with Crippen LogP contribution in [0.5, 0.6) is 0 Å². The van der Waals surface area contributed by atoms with Crippen molar-refractivity contribution in [2.24, 2.45) is 0 Å². The maximum absolute atomic E-state index is 13.2. The number of ether oxygens (including phenoxy) is 1. The van der Waals surface area contributed by atoms with Gasteiger partial charge in [-0.2, -0.15) is 5.26 Å². The molecule has 3 aliphatic rings. The SMILES string of the molecule is COC(=O)N1C[C@@H]2C[C@H]1[C@@H]1C(=O)N(c3cnc(C#N)c4ccccc34)C(=O)N21. The van der Waals surface area contributed by atoms with E-state index in [4.69, 9.17) is 4.74 Å². The van der Waals surface area contributed by atoms with Crippen LogP contribution in [-0.4, -0.2) is 64.6 Å². The minimum absolute atomic E-state index is 0.215. The van der Waals surface area contributed by atoms with Crippen molar-refractivity contribution in [2.75, 3.05) is 18.6 Å². The number of anilines is 1. The summed E-state index contributed by atoms with van der Waals surface area (Å²) in [6, 6.07) is 7.33. The molecule has 2 bridgehead atoms. The third-order valence-corrected chi connectivity index (χ3v) is 5.79. The molecule has 2 aromatic rings. The van der Waals surface area contributed by atoms with Gasteiger partial charge in [0.05, 0.1) is 31.1 Å². The number of fused-ring (bicyclic) bond motifs is 6. The lowest BCUT2D eigenvalue weighted by atomic mass is 10.1. The number of likely N-dealkylation sites (tertiary alicyclic amines) is 1. The molecule has 3 atom stereocenters. The summed E-state index contributed by atoms with van der Waals surface area (Å²) in [5.74, 6) is -0.386. The van der Waals surface area contributed by atoms with E-state index < -0.39 is 24.2 Å². The minimum atomic E-state index is -0.722. The molecule has 28 heavy (non-hydrogen) atoms. The molecule has 4 amide bonds. The molecule has 9 heteroatoms. The van der Waals surface area contributed by atoms with Crippen LogP contribution >= 0.6 is 0 Å². The van der Waals surface area contributed by atoms with Crippen LogP contribution in [0, 0.1) is 11.3 Å². The third kappa shape index (κ3) is 1.94. The molecule has 0 saturated carbocycles. The molecule has 0 radical (unpaired) electrons. The van der Waals surface area contributed by atoms with Crippen molar-refractivity contribution in [1.29, 1.82) is 5.26 Å². The molecule has 0 N–H and O–H groups in total. The van der Waals surface area contributed by atoms with Crippen molar-refractivity contribution in [3.05, 3.63) is 36.2 Å². The summed E-state index contributed by atoms with van der Waals surface area (Å²) < 4.78 is 4.81. The molecule has 9 nitrogen and oxygen atoms in total. The van der Waals surface area contributed by atoms with E-state index in [0.717, 1.165) is 4.90 Å². The number of amides is 4. The number of piperazine rings is 1. The van der Waals surface area contributed by atoms with Gasteiger partial charge in [-0.1, -0.05) is 24.3 Å². The van der Waals surface area contributed by atoms with Gasteiger partial charge in [0.2, 0.25) is 0 Å². The second-order valence-corrected chi connectivity index (χ2v) is 7.04. The Bertz CT molecular complexity index is 1090. The van der Waals surface area contributed by atoms with Gasteiger partial charge in [-0.25, -0.2) is 19.5 Å². The maximum Gasteiger partial charge on any atom is 0.409 e. The van der Waals surface area contributed by atoms with Crippen LogP contribution in [0.4, 0.5) is 15.3 Å². The molecular weight excluding hydrogens is 362 g/mol. The number of nitriles is 1. The van der Waals surface area contributed by atoms with Crippen molar-refractivity contribution < 1.29 is 19.1 Å². The van der Waals surface area contributed by atoms with Crippen molar-refractivity contribution in [3.63, 3.8) is 0 Å². The summed E-state index contributed by atoms with van der Waals surface area (Å²) in [4.78, 5) is 46.7. The van der Waals surface area contributed by atoms with Crippen LogP contribution in [0.2, 0.25) is 0 Å². The molecule has 3 saturated heterocycles. The predicted molar refractivity (Wildman–Crippen MR) is 96.3 cm³/mol. The Hall–Kier alpha value is -3.67. The highest BCUT2D eigenvalue weighted by Crippen LogP contribution is 2.43. The predicted octanol–water partition coefficient (Wildman–Crippen LogP) is 1.47. The Balaban J connectivity index is 1.59. The number of nitrogens with zero attached hydrogens (tertiary/aromatic N) is 5. The van der Waals surface area contributed by atoms with E-state index in [-0.39, 0.29) is 17.6 Å². The molecule has 4 heterocycles. The Morgan fingerprint density at radius 1 is 1.29 bits per heavy atom. The van der Waals surface area contributed by atoms with Gasteiger partial charge in [0.1, 0.15) is 17.8 Å². The topological polar surface area (TPSA) is 107 Å². The molecule has 0 spiro atoms. The van der Waals surface area contributed by atoms with E-state index in [1.54, 1.807) is 29.2 Å². The van der Waals surface area contributed by atoms with Crippen molar-refractivity contribution in [1.82, 2.24) is 14.8 Å². The van der Waals surface area contributed by atoms with E-state index >= 15 is 0 Å². The average Bonchev–Trinajstić information content (AvgIpc) is 3.38. The number of methoxy groups -OCH3 is 1. The second kappa shape index (κ2) is 5.66. The van der Waals surface area contributed by atoms with Gasteiger partial charge < -0.3 is 14.5 Å². The Morgan fingerprint density at radius 3 is 2.75 bits per heavy atom. The van der Waals surface area contributed by atoms with E-state index in [1.165, 1.54) is 18.2 Å². The summed E-state index contributed by atoms with van der Waals surface area (Å²) in [7, 11) is 1.30. The van der Waals surface area contributed by atoms with Crippen LogP contribution in [-0.2, 0) is 9.53 Å². The summed E-state index contributed by atoms with van der Waals surface area (Å²) in [6.45, 7) is 0.354. The van der Waals surface area contributed by atoms with Gasteiger partial charge in [0.25, 0.3) is 5.91 Å². The zero-order valence-corrected chi connectivity index (χ0v) is 14.9. The standard InChI is InChI=1S/C19H15N5O4/c1-28-19(27)22-9-10-6-14(22)16-17(25)24(18(26)23(10)16)15-8-21-13(7-20)11-4-2-3-5-12(11)15/h2-5,8,10,14,16H,6,9H2,1H3/t10-,14-,16+/m0/s1. The minimum Gasteiger partial charge on any atom is -0.453 e. The molecule has 5 rings (SSSR count). The highest BCUT2D eigenvalue weighted by Gasteiger charge is 2.63. The lowest BCUT2D eigenvalue weighted by Crippen LogP contribution is -2.54. The number of carbonyl (C=O) groups excluding carboxylic acids is 3. The fourth-order valence-corrected chi connectivity index (χ4v) is 4.65. The van der Waals surface area contributed by atoms with E-state index in [9.17, 15) is 19.6 Å². The van der Waals surface area contributed by atoms with E-state index in [2.05, 4.69) is 4.98 Å². The number of aromatic nitrogens is 1. The molecule has 3 fully saturated rings. The van der Waals surface area contributed by atoms with Crippen LogP contribution in [0.25, 0.3) is 10.8 Å². The van der Waals surface area contributed by atoms with Crippen molar-refractivity contribution >= 4 is 34.5 Å². The van der Waals surface area contributed by atoms with Gasteiger partial charge in [-0.3, -0.25) is 4.79 Å². The zero-order valence-electron chi connectivity index (χ0n) is 14.9. The molecule has 0 aliphatic carbocycles. The molecule has 1 aromatic heterocycles. The molecule has 1 aromatic carbocycles. The first-order valence-electron chi connectivity index (χ1n) is 8.85. The first-order chi connectivity index (χ1) is 13.6. The number of urea groups is 1. The van der Waals surface area contributed by atoms with Crippen LogP contribution in [0.1, 0.15) is 12.1 Å². The summed E-state index contributed by atoms with van der Waals surface area (Å²) in [5.41, 5.74) is 0.582. The highest BCUT2D eigenvalue weighted by atomic mass is 16.5.